The fraction of sp³-hybridized carbons (Fsp3) is 0.623. The Bertz CT molecular complexity index is 3170. The van der Waals surface area contributed by atoms with Crippen LogP contribution < -0.4 is 42.3 Å². The lowest BCUT2D eigenvalue weighted by Gasteiger charge is -2.26. The molecule has 0 unspecified atom stereocenters. The SMILES string of the molecule is CB(O)N[C@H](CC(=O)OC(C)(C)C)Cc1cc(N(CCO)CCCl)ccc1C.CB(O)N[C@H](CC(=O)OC(C)(C)C)Cc1cc(N)ccc1C.CB(O)N[C@H](CC(=O)OC(C)(C)C)Cc1cc(NCCO)ccc1C.Cc1ccc(N(CCO)CCCl)cc1C[C@H](N)CC(=O)OC(C)(C)C.O=CCCl.OCCBr. The molecule has 612 valence electrons. The number of aldehydes is 1. The maximum atomic E-state index is 12.3. The average molecular weight is 1640 g/mol. The van der Waals surface area contributed by atoms with Crippen LogP contribution in [0.25, 0.3) is 0 Å². The smallest absolute Gasteiger partial charge is 0.373 e. The maximum Gasteiger partial charge on any atom is 0.373 e. The molecule has 0 aliphatic heterocycles. The van der Waals surface area contributed by atoms with Gasteiger partial charge in [-0.15, -0.1) is 34.8 Å². The number of aryl methyl sites for hydroxylation is 4. The van der Waals surface area contributed by atoms with E-state index in [1.54, 1.807) is 20.5 Å². The molecule has 0 spiro atoms. The zero-order valence-corrected chi connectivity index (χ0v) is 71.6. The lowest BCUT2D eigenvalue weighted by atomic mass is 9.85. The van der Waals surface area contributed by atoms with Crippen LogP contribution in [-0.2, 0) is 68.6 Å². The van der Waals surface area contributed by atoms with Crippen LogP contribution in [0, 0.1) is 27.7 Å². The van der Waals surface area contributed by atoms with Gasteiger partial charge in [0.25, 0.3) is 0 Å². The standard InChI is InChI=1S/C20H34BClN2O4.C19H31ClN2O3.C18H31BN2O4.C16H27BN2O3.C2H5BrO.C2H3ClO/c1-15-6-7-18(24(9-8-22)10-11-25)13-16(15)12-17(23-21(5)27)14-19(26)28-20(2,3)4;1-14-5-6-17(22(8-7-20)9-10-23)12-15(14)11-16(21)13-18(24)25-19(2,3)4;1-13-6-7-15(20-8-9-22)10-14(13)11-16(21-19(5)24)12-17(23)25-18(2,3)4;1-11-6-7-13(18)8-12(11)9-14(19-17(5)21)10-15(20)22-16(2,3)4;2*3-1-2-4/h6-7,13,17,23,25,27H,8-12,14H2,1-5H3;5-6,12,16,23H,7-11,13,21H2,1-4H3;6-7,10,16,20-22,24H,8-9,11-12H2,1-5H3;6-8,14,19,21H,9-10,18H2,1-5H3;4H,1-2H2;2H,1H2/t17-;2*16-;14-;;/m0000../s1. The number of hydrogen-bond donors (Lipinski definition) is 13. The Kier molecular flexibility index (Phi) is 54.4. The van der Waals surface area contributed by atoms with Gasteiger partial charge in [0.15, 0.2) is 0 Å². The van der Waals surface area contributed by atoms with Crippen LogP contribution in [0.1, 0.15) is 153 Å². The molecule has 0 bridgehead atoms. The fourth-order valence-corrected chi connectivity index (χ4v) is 11.0. The van der Waals surface area contributed by atoms with Gasteiger partial charge in [0.2, 0.25) is 0 Å². The van der Waals surface area contributed by atoms with E-state index in [-0.39, 0.29) is 106 Å². The van der Waals surface area contributed by atoms with Gasteiger partial charge < -0.3 is 102 Å². The van der Waals surface area contributed by atoms with E-state index < -0.39 is 43.6 Å². The van der Waals surface area contributed by atoms with E-state index in [1.165, 1.54) is 0 Å². The summed E-state index contributed by atoms with van der Waals surface area (Å²) >= 11 is 19.6. The number of esters is 4. The minimum Gasteiger partial charge on any atom is -0.460 e. The summed E-state index contributed by atoms with van der Waals surface area (Å²) in [5.41, 5.74) is 22.2. The number of nitrogen functional groups attached to an aromatic ring is 1. The van der Waals surface area contributed by atoms with Crippen LogP contribution in [0.2, 0.25) is 20.5 Å². The third-order valence-electron chi connectivity index (χ3n) is 14.8. The highest BCUT2D eigenvalue weighted by atomic mass is 79.9. The Balaban J connectivity index is 0. The summed E-state index contributed by atoms with van der Waals surface area (Å²) in [6, 6.07) is 22.9. The molecule has 108 heavy (non-hydrogen) atoms. The molecule has 0 saturated carbocycles. The van der Waals surface area contributed by atoms with Gasteiger partial charge >= 0.3 is 45.0 Å². The molecule has 0 aromatic heterocycles. The van der Waals surface area contributed by atoms with Crippen molar-refractivity contribution in [1.82, 2.24) is 15.7 Å². The summed E-state index contributed by atoms with van der Waals surface area (Å²) in [7, 11) is -2.16. The van der Waals surface area contributed by atoms with Gasteiger partial charge in [-0.05, 0) is 250 Å². The Hall–Kier alpha value is -5.27. The van der Waals surface area contributed by atoms with Gasteiger partial charge in [0.05, 0.1) is 58.0 Å². The third-order valence-corrected chi connectivity index (χ3v) is 15.6. The maximum absolute atomic E-state index is 12.3. The van der Waals surface area contributed by atoms with Gasteiger partial charge in [-0.1, -0.05) is 40.2 Å². The molecule has 0 heterocycles. The number of hydrogen-bond acceptors (Lipinski definition) is 24. The van der Waals surface area contributed by atoms with Crippen LogP contribution >= 0.6 is 50.7 Å². The van der Waals surface area contributed by atoms with Crippen molar-refractivity contribution in [2.24, 2.45) is 5.73 Å². The molecule has 15 N–H and O–H groups in total. The van der Waals surface area contributed by atoms with Crippen molar-refractivity contribution >= 4 is 125 Å². The van der Waals surface area contributed by atoms with Crippen LogP contribution in [0.5, 0.6) is 0 Å². The first-order valence-electron chi connectivity index (χ1n) is 36.7. The molecule has 4 aromatic rings. The number of nitrogens with one attached hydrogen (secondary N) is 4. The monoisotopic (exact) mass is 1640 g/mol. The molecular weight excluding hydrogens is 1510 g/mol. The van der Waals surface area contributed by atoms with Crippen LogP contribution in [-0.4, -0.2) is 216 Å². The number of ether oxygens (including phenoxy) is 4. The van der Waals surface area contributed by atoms with Crippen LogP contribution in [0.15, 0.2) is 72.8 Å². The molecule has 0 aliphatic carbocycles. The van der Waals surface area contributed by atoms with Crippen molar-refractivity contribution in [1.29, 1.82) is 0 Å². The molecule has 31 heteroatoms. The molecule has 0 amide bonds. The highest BCUT2D eigenvalue weighted by Crippen LogP contribution is 2.26. The predicted molar refractivity (Wildman–Crippen MR) is 449 cm³/mol. The molecule has 24 nitrogen and oxygen atoms in total. The van der Waals surface area contributed by atoms with Gasteiger partial charge in [-0.25, -0.2) is 0 Å². The van der Waals surface area contributed by atoms with Crippen molar-refractivity contribution in [2.75, 3.05) is 103 Å². The van der Waals surface area contributed by atoms with E-state index in [0.29, 0.717) is 87.5 Å². The lowest BCUT2D eigenvalue weighted by molar-refractivity contribution is -0.156. The summed E-state index contributed by atoms with van der Waals surface area (Å²) in [4.78, 5) is 61.5. The first kappa shape index (κ1) is 105. The van der Waals surface area contributed by atoms with Crippen LogP contribution in [0.3, 0.4) is 0 Å². The Morgan fingerprint density at radius 3 is 1.09 bits per heavy atom. The first-order valence-corrected chi connectivity index (χ1v) is 39.4. The minimum atomic E-state index is -0.738. The zero-order valence-electron chi connectivity index (χ0n) is 67.8. The number of halogens is 4. The Morgan fingerprint density at radius 2 is 0.796 bits per heavy atom. The number of nitrogens with zero attached hydrogens (tertiary/aromatic N) is 2. The number of benzene rings is 4. The Morgan fingerprint density at radius 1 is 0.491 bits per heavy atom. The number of aliphatic hydroxyl groups excluding tert-OH is 4. The van der Waals surface area contributed by atoms with Crippen molar-refractivity contribution < 1.29 is 78.4 Å². The van der Waals surface area contributed by atoms with Gasteiger partial charge in [-0.2, -0.15) is 0 Å². The Labute approximate surface area is 670 Å². The average Bonchev–Trinajstić information content (AvgIpc) is 0.843. The number of aliphatic hydroxyl groups is 4. The van der Waals surface area contributed by atoms with Crippen molar-refractivity contribution in [3.63, 3.8) is 0 Å². The fourth-order valence-electron chi connectivity index (χ4n) is 10.5. The topological polar surface area (TPSA) is 371 Å². The van der Waals surface area contributed by atoms with Gasteiger partial charge in [0.1, 0.15) is 28.7 Å². The molecule has 4 atom stereocenters. The van der Waals surface area contributed by atoms with Gasteiger partial charge in [0, 0.05) is 96.7 Å². The second-order valence-corrected chi connectivity index (χ2v) is 31.9. The summed E-state index contributed by atoms with van der Waals surface area (Å²) in [6.45, 7) is 38.2. The van der Waals surface area contributed by atoms with Gasteiger partial charge in [-0.3, -0.25) is 19.2 Å². The number of rotatable bonds is 37. The number of carbonyl (C=O) groups excluding carboxylic acids is 5. The van der Waals surface area contributed by atoms with Crippen molar-refractivity contribution in [2.45, 2.75) is 229 Å². The zero-order chi connectivity index (χ0) is 83.1. The quantitative estimate of drug-likeness (QED) is 0.00499. The van der Waals surface area contributed by atoms with E-state index in [9.17, 15) is 44.5 Å². The summed E-state index contributed by atoms with van der Waals surface area (Å²) in [6.07, 6.45) is 3.70. The highest BCUT2D eigenvalue weighted by Gasteiger charge is 2.27. The van der Waals surface area contributed by atoms with E-state index in [1.807, 2.05) is 181 Å². The van der Waals surface area contributed by atoms with E-state index >= 15 is 0 Å². The number of nitrogens with two attached hydrogens (primary N) is 2. The molecule has 4 rings (SSSR count). The minimum absolute atomic E-state index is 0.0466. The number of anilines is 4. The van der Waals surface area contributed by atoms with Crippen molar-refractivity contribution in [3.05, 3.63) is 117 Å². The molecule has 4 aromatic carbocycles. The summed E-state index contributed by atoms with van der Waals surface area (Å²) in [5, 5.41) is 77.3. The molecule has 0 saturated heterocycles. The second-order valence-electron chi connectivity index (χ2n) is 30.1. The molecule has 0 radical (unpaired) electrons. The highest BCUT2D eigenvalue weighted by molar-refractivity contribution is 9.09. The normalized spacial score (nSPS) is 12.2. The summed E-state index contributed by atoms with van der Waals surface area (Å²) < 4.78 is 21.5. The molecule has 0 aliphatic rings. The molecule has 0 fully saturated rings. The van der Waals surface area contributed by atoms with E-state index in [4.69, 9.17) is 80.2 Å². The largest absolute Gasteiger partial charge is 0.460 e. The van der Waals surface area contributed by atoms with E-state index in [2.05, 4.69) is 49.1 Å². The van der Waals surface area contributed by atoms with Crippen LogP contribution in [0.4, 0.5) is 22.7 Å². The number of alkyl halides is 4. The predicted octanol–water partition coefficient (Wildman–Crippen LogP) is 9.47. The lowest BCUT2D eigenvalue weighted by Crippen LogP contribution is -2.43. The number of carbonyl (C=O) groups is 5. The van der Waals surface area contributed by atoms with E-state index in [0.717, 1.165) is 61.6 Å². The first-order chi connectivity index (χ1) is 50.2. The van der Waals surface area contributed by atoms with Crippen molar-refractivity contribution in [3.8, 4) is 0 Å². The second kappa shape index (κ2) is 56.0. The molecular formula is C77H131B3BrCl3N8O16. The third kappa shape index (κ3) is 53.6. The summed E-state index contributed by atoms with van der Waals surface area (Å²) in [5.74, 6) is -0.0958.